The Bertz CT molecular complexity index is 1390. The Kier molecular flexibility index (Phi) is 2.23. The van der Waals surface area contributed by atoms with Crippen LogP contribution >= 0.6 is 11.3 Å². The highest BCUT2D eigenvalue weighted by molar-refractivity contribution is 7.26. The van der Waals surface area contributed by atoms with Crippen LogP contribution < -0.4 is 5.22 Å². The lowest BCUT2D eigenvalue weighted by Gasteiger charge is -2.16. The van der Waals surface area contributed by atoms with Crippen molar-refractivity contribution in [1.82, 2.24) is 0 Å². The van der Waals surface area contributed by atoms with Gasteiger partial charge in [0.05, 0.1) is 0 Å². The van der Waals surface area contributed by atoms with Gasteiger partial charge in [0.1, 0.15) is 0 Å². The fraction of sp³-hybridized carbons (Fsp3) is 0.0455. The molecule has 1 aliphatic rings. The summed E-state index contributed by atoms with van der Waals surface area (Å²) in [6.45, 7) is 0. The third-order valence-corrected chi connectivity index (χ3v) is 6.39. The predicted octanol–water partition coefficient (Wildman–Crippen LogP) is 4.99. The summed E-state index contributed by atoms with van der Waals surface area (Å²) in [5, 5.41) is 8.79. The average Bonchev–Trinajstić information content (AvgIpc) is 3.00. The van der Waals surface area contributed by atoms with Gasteiger partial charge in [0.2, 0.25) is 0 Å². The molecular formula is C22H12OS. The first-order valence-electron chi connectivity index (χ1n) is 8.13. The van der Waals surface area contributed by atoms with Crippen LogP contribution in [0.4, 0.5) is 0 Å². The minimum absolute atomic E-state index is 0.206. The molecule has 1 aliphatic carbocycles. The van der Waals surface area contributed by atoms with Gasteiger partial charge in [0, 0.05) is 32.0 Å². The van der Waals surface area contributed by atoms with Crippen molar-refractivity contribution < 1.29 is 4.79 Å². The second kappa shape index (κ2) is 4.22. The van der Waals surface area contributed by atoms with E-state index in [0.29, 0.717) is 6.42 Å². The first kappa shape index (κ1) is 12.7. The Hall–Kier alpha value is -2.71. The molecule has 0 spiro atoms. The zero-order valence-corrected chi connectivity index (χ0v) is 13.6. The molecule has 0 bridgehead atoms. The van der Waals surface area contributed by atoms with Crippen molar-refractivity contribution in [2.24, 2.45) is 0 Å². The lowest BCUT2D eigenvalue weighted by Crippen LogP contribution is -2.16. The molecule has 4 aromatic carbocycles. The van der Waals surface area contributed by atoms with Crippen LogP contribution in [0, 0.1) is 0 Å². The zero-order chi connectivity index (χ0) is 15.8. The number of carbonyl (C=O) groups excluding carboxylic acids is 1. The van der Waals surface area contributed by atoms with Crippen molar-refractivity contribution in [1.29, 1.82) is 0 Å². The van der Waals surface area contributed by atoms with E-state index < -0.39 is 0 Å². The Morgan fingerprint density at radius 1 is 0.792 bits per heavy atom. The number of hydrogen-bond acceptors (Lipinski definition) is 2. The van der Waals surface area contributed by atoms with Gasteiger partial charge in [0.15, 0.2) is 5.78 Å². The molecule has 0 amide bonds. The van der Waals surface area contributed by atoms with Crippen molar-refractivity contribution in [3.63, 3.8) is 0 Å². The van der Waals surface area contributed by atoms with Gasteiger partial charge in [-0.3, -0.25) is 4.79 Å². The van der Waals surface area contributed by atoms with Gasteiger partial charge >= 0.3 is 0 Å². The highest BCUT2D eigenvalue weighted by atomic mass is 32.1. The molecule has 2 heteroatoms. The summed E-state index contributed by atoms with van der Waals surface area (Å²) in [5.74, 6) is 0.206. The number of rotatable bonds is 0. The van der Waals surface area contributed by atoms with Gasteiger partial charge in [-0.2, -0.15) is 0 Å². The maximum absolute atomic E-state index is 12.3. The van der Waals surface area contributed by atoms with Crippen LogP contribution in [0.25, 0.3) is 47.8 Å². The fourth-order valence-electron chi connectivity index (χ4n) is 4.27. The van der Waals surface area contributed by atoms with E-state index in [2.05, 4.69) is 54.6 Å². The van der Waals surface area contributed by atoms with Crippen LogP contribution in [0.15, 0.2) is 54.6 Å². The number of benzene rings is 4. The summed E-state index contributed by atoms with van der Waals surface area (Å²) in [6, 6.07) is 19.3. The van der Waals surface area contributed by atoms with Gasteiger partial charge in [-0.1, -0.05) is 48.5 Å². The van der Waals surface area contributed by atoms with Crippen LogP contribution in [-0.4, -0.2) is 5.78 Å². The molecule has 0 N–H and O–H groups in total. The Labute approximate surface area is 141 Å². The minimum atomic E-state index is 0.206. The molecule has 1 heterocycles. The number of fused-ring (bicyclic) bond motifs is 5. The third kappa shape index (κ3) is 1.43. The summed E-state index contributed by atoms with van der Waals surface area (Å²) < 4.78 is 2.61. The van der Waals surface area contributed by atoms with Crippen LogP contribution in [-0.2, 0) is 11.2 Å². The molecule has 0 unspecified atom stereocenters. The molecule has 112 valence electrons. The number of hydrogen-bond donors (Lipinski definition) is 0. The summed E-state index contributed by atoms with van der Waals surface area (Å²) in [6.07, 6.45) is 2.32. The van der Waals surface area contributed by atoms with Gasteiger partial charge in [-0.25, -0.2) is 0 Å². The quantitative estimate of drug-likeness (QED) is 0.392. The maximum atomic E-state index is 12.3. The van der Waals surface area contributed by atoms with Gasteiger partial charge in [-0.05, 0) is 39.1 Å². The van der Waals surface area contributed by atoms with Crippen LogP contribution in [0.2, 0.25) is 0 Å². The third-order valence-electron chi connectivity index (χ3n) is 5.19. The highest BCUT2D eigenvalue weighted by Crippen LogP contribution is 2.44. The van der Waals surface area contributed by atoms with E-state index >= 15 is 0 Å². The second-order valence-corrected chi connectivity index (χ2v) is 7.55. The predicted molar refractivity (Wildman–Crippen MR) is 103 cm³/mol. The molecule has 0 saturated carbocycles. The van der Waals surface area contributed by atoms with Crippen molar-refractivity contribution in [3.05, 3.63) is 65.4 Å². The second-order valence-electron chi connectivity index (χ2n) is 6.50. The van der Waals surface area contributed by atoms with Crippen molar-refractivity contribution in [3.8, 4) is 0 Å². The number of ketones is 1. The van der Waals surface area contributed by atoms with Gasteiger partial charge in [0.25, 0.3) is 0 Å². The van der Waals surface area contributed by atoms with E-state index in [4.69, 9.17) is 0 Å². The maximum Gasteiger partial charge on any atom is 0.160 e. The summed E-state index contributed by atoms with van der Waals surface area (Å²) in [4.78, 5) is 12.3. The van der Waals surface area contributed by atoms with Crippen LogP contribution in [0.3, 0.4) is 0 Å². The van der Waals surface area contributed by atoms with E-state index in [1.807, 2.05) is 17.4 Å². The molecule has 24 heavy (non-hydrogen) atoms. The van der Waals surface area contributed by atoms with Crippen molar-refractivity contribution in [2.45, 2.75) is 6.42 Å². The minimum Gasteiger partial charge on any atom is -0.294 e. The molecule has 0 fully saturated rings. The summed E-state index contributed by atoms with van der Waals surface area (Å²) >= 11 is 1.84. The number of Topliss-reactive ketones (excluding diaryl/α,β-unsaturated/α-hetero) is 1. The lowest BCUT2D eigenvalue weighted by molar-refractivity contribution is -0.112. The van der Waals surface area contributed by atoms with Crippen molar-refractivity contribution >= 4 is 64.9 Å². The Morgan fingerprint density at radius 3 is 2.62 bits per heavy atom. The molecule has 0 saturated heterocycles. The standard InChI is InChI=1S/C22H12OS/c23-14-10-13-9-8-12-4-3-6-16-19(12)20(13)17(11-14)21-15-5-1-2-7-18(15)24-22(16)21/h1-10H,11H2. The van der Waals surface area contributed by atoms with Crippen LogP contribution in [0.5, 0.6) is 0 Å². The van der Waals surface area contributed by atoms with E-state index in [9.17, 15) is 4.79 Å². The van der Waals surface area contributed by atoms with Crippen molar-refractivity contribution in [2.75, 3.05) is 0 Å². The first-order chi connectivity index (χ1) is 11.8. The normalized spacial score (nSPS) is 14.1. The van der Waals surface area contributed by atoms with Crippen LogP contribution in [0.1, 0.15) is 5.56 Å². The highest BCUT2D eigenvalue weighted by Gasteiger charge is 2.21. The lowest BCUT2D eigenvalue weighted by atomic mass is 9.87. The van der Waals surface area contributed by atoms with E-state index in [-0.39, 0.29) is 5.78 Å². The molecule has 0 atom stereocenters. The largest absolute Gasteiger partial charge is 0.294 e. The average molecular weight is 324 g/mol. The molecule has 0 aliphatic heterocycles. The topological polar surface area (TPSA) is 17.1 Å². The molecule has 0 radical (unpaired) electrons. The molecule has 1 aromatic heterocycles. The molecule has 5 aromatic rings. The fourth-order valence-corrected chi connectivity index (χ4v) is 5.53. The SMILES string of the molecule is O=C1C=c2ccc3cccc4c5sc6ccccc6c5c(c2c34)C1. The van der Waals surface area contributed by atoms with E-state index in [0.717, 1.165) is 5.22 Å². The summed E-state index contributed by atoms with van der Waals surface area (Å²) in [5.41, 5.74) is 1.22. The molecular weight excluding hydrogens is 312 g/mol. The van der Waals surface area contributed by atoms with Gasteiger partial charge in [-0.15, -0.1) is 11.3 Å². The zero-order valence-electron chi connectivity index (χ0n) is 12.8. The molecule has 6 rings (SSSR count). The smallest absolute Gasteiger partial charge is 0.160 e. The Balaban J connectivity index is 2.09. The Morgan fingerprint density at radius 2 is 1.67 bits per heavy atom. The van der Waals surface area contributed by atoms with E-state index in [1.165, 1.54) is 47.3 Å². The molecule has 1 nitrogen and oxygen atoms in total. The first-order valence-corrected chi connectivity index (χ1v) is 8.95. The monoisotopic (exact) mass is 324 g/mol. The number of thiophene rings is 1. The number of carbonyl (C=O) groups is 1. The van der Waals surface area contributed by atoms with E-state index in [1.54, 1.807) is 0 Å². The van der Waals surface area contributed by atoms with Gasteiger partial charge < -0.3 is 0 Å². The summed E-state index contributed by atoms with van der Waals surface area (Å²) in [7, 11) is 0.